The Hall–Kier alpha value is -3.60. The predicted octanol–water partition coefficient (Wildman–Crippen LogP) is 3.44. The fourth-order valence-electron chi connectivity index (χ4n) is 3.37. The molecule has 0 atom stereocenters. The molecule has 0 saturated heterocycles. The molecule has 5 nitrogen and oxygen atoms in total. The zero-order valence-electron chi connectivity index (χ0n) is 14.4. The van der Waals surface area contributed by atoms with Gasteiger partial charge >= 0.3 is 5.97 Å². The summed E-state index contributed by atoms with van der Waals surface area (Å²) in [4.78, 5) is 24.4. The molecular formula is C22H17NO4. The van der Waals surface area contributed by atoms with Crippen molar-refractivity contribution in [3.63, 3.8) is 0 Å². The van der Waals surface area contributed by atoms with Crippen molar-refractivity contribution in [2.45, 2.75) is 6.04 Å². The number of esters is 1. The third kappa shape index (κ3) is 3.15. The normalized spacial score (nSPS) is 12.1. The molecule has 134 valence electrons. The Morgan fingerprint density at radius 1 is 0.852 bits per heavy atom. The second kappa shape index (κ2) is 6.96. The van der Waals surface area contributed by atoms with Crippen molar-refractivity contribution in [3.05, 3.63) is 89.5 Å². The van der Waals surface area contributed by atoms with Crippen LogP contribution in [0.5, 0.6) is 5.75 Å². The van der Waals surface area contributed by atoms with E-state index in [0.717, 1.165) is 22.3 Å². The van der Waals surface area contributed by atoms with Crippen molar-refractivity contribution in [1.82, 2.24) is 5.32 Å². The van der Waals surface area contributed by atoms with Gasteiger partial charge in [-0.1, -0.05) is 60.7 Å². The molecule has 27 heavy (non-hydrogen) atoms. The van der Waals surface area contributed by atoms with Gasteiger partial charge in [-0.25, -0.2) is 4.79 Å². The summed E-state index contributed by atoms with van der Waals surface area (Å²) in [5.41, 5.74) is 4.23. The standard InChI is InChI=1S/C22H17NO4/c24-19-12-6-5-11-18(19)22(26)27-13-20(25)23-21-16-9-3-1-7-14(16)15-8-2-4-10-17(15)21/h1-12,21,24H,13H2,(H,23,25). The van der Waals surface area contributed by atoms with Crippen LogP contribution in [0.15, 0.2) is 72.8 Å². The second-order valence-electron chi connectivity index (χ2n) is 6.27. The summed E-state index contributed by atoms with van der Waals surface area (Å²) < 4.78 is 5.05. The van der Waals surface area contributed by atoms with Crippen molar-refractivity contribution in [2.75, 3.05) is 6.61 Å². The van der Waals surface area contributed by atoms with Gasteiger partial charge in [-0.05, 0) is 34.4 Å². The quantitative estimate of drug-likeness (QED) is 0.700. The first-order valence-corrected chi connectivity index (χ1v) is 8.58. The van der Waals surface area contributed by atoms with Gasteiger partial charge in [-0.3, -0.25) is 4.79 Å². The molecule has 0 heterocycles. The first-order valence-electron chi connectivity index (χ1n) is 8.58. The number of carbonyl (C=O) groups excluding carboxylic acids is 2. The smallest absolute Gasteiger partial charge is 0.342 e. The van der Waals surface area contributed by atoms with E-state index < -0.39 is 18.5 Å². The highest BCUT2D eigenvalue weighted by Gasteiger charge is 2.29. The first-order chi connectivity index (χ1) is 13.1. The molecule has 4 rings (SSSR count). The molecule has 0 fully saturated rings. The Morgan fingerprint density at radius 2 is 1.41 bits per heavy atom. The van der Waals surface area contributed by atoms with Crippen LogP contribution in [0.2, 0.25) is 0 Å². The number of aromatic hydroxyl groups is 1. The number of amides is 1. The second-order valence-corrected chi connectivity index (χ2v) is 6.27. The molecule has 0 bridgehead atoms. The van der Waals surface area contributed by atoms with Crippen LogP contribution in [0.3, 0.4) is 0 Å². The summed E-state index contributed by atoms with van der Waals surface area (Å²) in [6.45, 7) is -0.423. The molecule has 1 amide bonds. The molecule has 0 aromatic heterocycles. The molecule has 0 spiro atoms. The van der Waals surface area contributed by atoms with Crippen molar-refractivity contribution in [3.8, 4) is 16.9 Å². The Balaban J connectivity index is 1.47. The zero-order valence-corrected chi connectivity index (χ0v) is 14.4. The van der Waals surface area contributed by atoms with Crippen LogP contribution in [0.4, 0.5) is 0 Å². The van der Waals surface area contributed by atoms with Crippen LogP contribution in [-0.2, 0) is 9.53 Å². The van der Waals surface area contributed by atoms with Crippen LogP contribution in [0, 0.1) is 0 Å². The van der Waals surface area contributed by atoms with Gasteiger partial charge in [0.2, 0.25) is 0 Å². The molecule has 2 N–H and O–H groups in total. The van der Waals surface area contributed by atoms with Gasteiger partial charge in [0.05, 0.1) is 6.04 Å². The van der Waals surface area contributed by atoms with Crippen LogP contribution >= 0.6 is 0 Å². The van der Waals surface area contributed by atoms with E-state index in [1.165, 1.54) is 12.1 Å². The van der Waals surface area contributed by atoms with Crippen molar-refractivity contribution in [2.24, 2.45) is 0 Å². The highest BCUT2D eigenvalue weighted by molar-refractivity contribution is 5.94. The average molecular weight is 359 g/mol. The minimum Gasteiger partial charge on any atom is -0.507 e. The summed E-state index contributed by atoms with van der Waals surface area (Å²) in [7, 11) is 0. The Kier molecular flexibility index (Phi) is 4.34. The van der Waals surface area contributed by atoms with Crippen LogP contribution < -0.4 is 5.32 Å². The minimum absolute atomic E-state index is 0.0295. The van der Waals surface area contributed by atoms with Gasteiger partial charge in [-0.2, -0.15) is 0 Å². The van der Waals surface area contributed by atoms with E-state index in [1.807, 2.05) is 48.5 Å². The number of hydrogen-bond acceptors (Lipinski definition) is 4. The summed E-state index contributed by atoms with van der Waals surface area (Å²) in [5, 5.41) is 12.6. The predicted molar refractivity (Wildman–Crippen MR) is 100 cm³/mol. The lowest BCUT2D eigenvalue weighted by Crippen LogP contribution is -2.32. The maximum atomic E-state index is 12.4. The van der Waals surface area contributed by atoms with Gasteiger partial charge in [0, 0.05) is 0 Å². The fourth-order valence-corrected chi connectivity index (χ4v) is 3.37. The number of phenols is 1. The third-order valence-corrected chi connectivity index (χ3v) is 4.60. The van der Waals surface area contributed by atoms with Gasteiger partial charge in [-0.15, -0.1) is 0 Å². The zero-order chi connectivity index (χ0) is 18.8. The number of hydrogen-bond donors (Lipinski definition) is 2. The number of carbonyl (C=O) groups is 2. The highest BCUT2D eigenvalue weighted by atomic mass is 16.5. The lowest BCUT2D eigenvalue weighted by Gasteiger charge is -2.16. The monoisotopic (exact) mass is 359 g/mol. The van der Waals surface area contributed by atoms with Crippen molar-refractivity contribution in [1.29, 1.82) is 0 Å². The summed E-state index contributed by atoms with van der Waals surface area (Å²) in [5.74, 6) is -1.33. The molecule has 0 aliphatic heterocycles. The van der Waals surface area contributed by atoms with E-state index in [1.54, 1.807) is 12.1 Å². The van der Waals surface area contributed by atoms with Gasteiger partial charge in [0.15, 0.2) is 6.61 Å². The fraction of sp³-hybridized carbons (Fsp3) is 0.0909. The first kappa shape index (κ1) is 16.8. The Labute approximate surface area is 156 Å². The maximum Gasteiger partial charge on any atom is 0.342 e. The molecule has 1 aliphatic carbocycles. The Bertz CT molecular complexity index is 983. The molecule has 0 saturated carbocycles. The van der Waals surface area contributed by atoms with Crippen molar-refractivity contribution >= 4 is 11.9 Å². The molecule has 3 aromatic carbocycles. The number of benzene rings is 3. The molecule has 3 aromatic rings. The molecule has 1 aliphatic rings. The third-order valence-electron chi connectivity index (χ3n) is 4.60. The topological polar surface area (TPSA) is 75.6 Å². The molecule has 5 heteroatoms. The molecular weight excluding hydrogens is 342 g/mol. The SMILES string of the molecule is O=C(COC(=O)c1ccccc1O)NC1c2ccccc2-c2ccccc21. The summed E-state index contributed by atoms with van der Waals surface area (Å²) in [6, 6.07) is 21.6. The van der Waals surface area contributed by atoms with Gasteiger partial charge in [0.1, 0.15) is 11.3 Å². The highest BCUT2D eigenvalue weighted by Crippen LogP contribution is 2.42. The van der Waals surface area contributed by atoms with E-state index in [0.29, 0.717) is 0 Å². The van der Waals surface area contributed by atoms with Crippen LogP contribution in [-0.4, -0.2) is 23.6 Å². The number of fused-ring (bicyclic) bond motifs is 3. The van der Waals surface area contributed by atoms with Crippen LogP contribution in [0.1, 0.15) is 27.5 Å². The van der Waals surface area contributed by atoms with E-state index in [-0.39, 0.29) is 17.4 Å². The van der Waals surface area contributed by atoms with Crippen molar-refractivity contribution < 1.29 is 19.4 Å². The molecule has 0 unspecified atom stereocenters. The van der Waals surface area contributed by atoms with E-state index in [2.05, 4.69) is 5.32 Å². The number of rotatable bonds is 4. The molecule has 0 radical (unpaired) electrons. The largest absolute Gasteiger partial charge is 0.507 e. The summed E-state index contributed by atoms with van der Waals surface area (Å²) >= 11 is 0. The number of phenolic OH excluding ortho intramolecular Hbond substituents is 1. The van der Waals surface area contributed by atoms with E-state index in [9.17, 15) is 14.7 Å². The van der Waals surface area contributed by atoms with E-state index in [4.69, 9.17) is 4.74 Å². The summed E-state index contributed by atoms with van der Waals surface area (Å²) in [6.07, 6.45) is 0. The number of nitrogens with one attached hydrogen (secondary N) is 1. The van der Waals surface area contributed by atoms with Crippen LogP contribution in [0.25, 0.3) is 11.1 Å². The Morgan fingerprint density at radius 3 is 2.04 bits per heavy atom. The van der Waals surface area contributed by atoms with Gasteiger partial charge in [0.25, 0.3) is 5.91 Å². The number of para-hydroxylation sites is 1. The van der Waals surface area contributed by atoms with Gasteiger partial charge < -0.3 is 15.2 Å². The average Bonchev–Trinajstić information content (AvgIpc) is 3.01. The number of ether oxygens (including phenoxy) is 1. The lowest BCUT2D eigenvalue weighted by atomic mass is 10.1. The van der Waals surface area contributed by atoms with E-state index >= 15 is 0 Å². The lowest BCUT2D eigenvalue weighted by molar-refractivity contribution is -0.124. The minimum atomic E-state index is -0.740. The maximum absolute atomic E-state index is 12.4.